The van der Waals surface area contributed by atoms with E-state index in [1.165, 1.54) is 31.2 Å². The molecule has 0 aliphatic heterocycles. The molecule has 0 saturated heterocycles. The molecule has 0 aromatic heterocycles. The Morgan fingerprint density at radius 1 is 1.05 bits per heavy atom. The molecule has 2 aromatic rings. The van der Waals surface area contributed by atoms with Crippen LogP contribution in [-0.2, 0) is 4.79 Å². The molecule has 0 fully saturated rings. The van der Waals surface area contributed by atoms with Gasteiger partial charge in [-0.05, 0) is 35.9 Å². The number of nitrogens with one attached hydrogen (secondary N) is 1. The van der Waals surface area contributed by atoms with Gasteiger partial charge in [0.05, 0.1) is 5.56 Å². The number of amides is 1. The fourth-order valence-corrected chi connectivity index (χ4v) is 1.80. The summed E-state index contributed by atoms with van der Waals surface area (Å²) < 4.78 is 13.4. The molecule has 2 aromatic carbocycles. The monoisotopic (exact) mass is 283 g/mol. The fraction of sp³-hybridized carbons (Fsp3) is 0.0588. The highest BCUT2D eigenvalue weighted by atomic mass is 19.1. The number of anilines is 1. The first kappa shape index (κ1) is 14.7. The van der Waals surface area contributed by atoms with E-state index in [1.807, 2.05) is 0 Å². The van der Waals surface area contributed by atoms with Crippen LogP contribution < -0.4 is 5.32 Å². The number of benzene rings is 2. The van der Waals surface area contributed by atoms with Gasteiger partial charge in [0.1, 0.15) is 5.82 Å². The Balaban J connectivity index is 2.09. The Bertz CT molecular complexity index is 690. The average molecular weight is 283 g/mol. The molecule has 0 bridgehead atoms. The summed E-state index contributed by atoms with van der Waals surface area (Å²) in [5.41, 5.74) is 1.51. The van der Waals surface area contributed by atoms with Gasteiger partial charge >= 0.3 is 0 Å². The summed E-state index contributed by atoms with van der Waals surface area (Å²) in [5, 5.41) is 2.65. The molecule has 0 aliphatic carbocycles. The van der Waals surface area contributed by atoms with Crippen LogP contribution >= 0.6 is 0 Å². The molecule has 0 saturated carbocycles. The van der Waals surface area contributed by atoms with E-state index in [1.54, 1.807) is 36.4 Å². The largest absolute Gasteiger partial charge is 0.326 e. The number of ketones is 1. The lowest BCUT2D eigenvalue weighted by Crippen LogP contribution is -2.05. The predicted molar refractivity (Wildman–Crippen MR) is 80.5 cm³/mol. The van der Waals surface area contributed by atoms with Crippen LogP contribution in [0.15, 0.2) is 54.6 Å². The lowest BCUT2D eigenvalue weighted by atomic mass is 10.1. The second-order valence-electron chi connectivity index (χ2n) is 4.48. The molecule has 4 heteroatoms. The molecule has 0 aliphatic rings. The second-order valence-corrected chi connectivity index (χ2v) is 4.48. The van der Waals surface area contributed by atoms with E-state index >= 15 is 0 Å². The Morgan fingerprint density at radius 2 is 1.71 bits per heavy atom. The van der Waals surface area contributed by atoms with Crippen LogP contribution in [0.4, 0.5) is 10.1 Å². The van der Waals surface area contributed by atoms with Crippen molar-refractivity contribution < 1.29 is 14.0 Å². The highest BCUT2D eigenvalue weighted by molar-refractivity contribution is 6.07. The zero-order valence-corrected chi connectivity index (χ0v) is 11.5. The van der Waals surface area contributed by atoms with Crippen LogP contribution in [0.2, 0.25) is 0 Å². The number of allylic oxidation sites excluding steroid dienone is 1. The molecule has 0 radical (unpaired) electrons. The number of rotatable bonds is 4. The first-order chi connectivity index (χ1) is 10.1. The molecule has 0 heterocycles. The maximum absolute atomic E-state index is 13.4. The number of carbonyl (C=O) groups is 2. The van der Waals surface area contributed by atoms with Gasteiger partial charge in [0.25, 0.3) is 0 Å². The maximum Gasteiger partial charge on any atom is 0.221 e. The number of hydrogen-bond acceptors (Lipinski definition) is 2. The molecule has 21 heavy (non-hydrogen) atoms. The van der Waals surface area contributed by atoms with Gasteiger partial charge in [0, 0.05) is 12.6 Å². The van der Waals surface area contributed by atoms with Gasteiger partial charge in [-0.15, -0.1) is 0 Å². The van der Waals surface area contributed by atoms with Gasteiger partial charge in [-0.2, -0.15) is 0 Å². The highest BCUT2D eigenvalue weighted by Gasteiger charge is 2.06. The molecular weight excluding hydrogens is 269 g/mol. The summed E-state index contributed by atoms with van der Waals surface area (Å²) >= 11 is 0. The van der Waals surface area contributed by atoms with Crippen LogP contribution in [0, 0.1) is 5.82 Å². The Morgan fingerprint density at radius 3 is 2.33 bits per heavy atom. The van der Waals surface area contributed by atoms with Crippen LogP contribution in [0.1, 0.15) is 22.8 Å². The van der Waals surface area contributed by atoms with Crippen LogP contribution in [0.5, 0.6) is 0 Å². The second kappa shape index (κ2) is 6.61. The van der Waals surface area contributed by atoms with Gasteiger partial charge in [-0.3, -0.25) is 9.59 Å². The quantitative estimate of drug-likeness (QED) is 0.687. The molecule has 0 unspecified atom stereocenters. The third-order valence-electron chi connectivity index (χ3n) is 2.80. The van der Waals surface area contributed by atoms with Gasteiger partial charge in [-0.25, -0.2) is 4.39 Å². The molecule has 0 spiro atoms. The summed E-state index contributed by atoms with van der Waals surface area (Å²) in [4.78, 5) is 22.8. The summed E-state index contributed by atoms with van der Waals surface area (Å²) in [6.07, 6.45) is 2.93. The minimum Gasteiger partial charge on any atom is -0.326 e. The van der Waals surface area contributed by atoms with Gasteiger partial charge < -0.3 is 5.32 Å². The number of carbonyl (C=O) groups excluding carboxylic acids is 2. The van der Waals surface area contributed by atoms with Crippen molar-refractivity contribution in [3.05, 3.63) is 71.6 Å². The van der Waals surface area contributed by atoms with Crippen molar-refractivity contribution in [1.29, 1.82) is 0 Å². The third-order valence-corrected chi connectivity index (χ3v) is 2.80. The average Bonchev–Trinajstić information content (AvgIpc) is 2.46. The van der Waals surface area contributed by atoms with Crippen molar-refractivity contribution in [3.63, 3.8) is 0 Å². The molecular formula is C17H14FNO2. The third kappa shape index (κ3) is 4.11. The van der Waals surface area contributed by atoms with Crippen LogP contribution in [0.25, 0.3) is 6.08 Å². The smallest absolute Gasteiger partial charge is 0.221 e. The topological polar surface area (TPSA) is 46.2 Å². The standard InChI is InChI=1S/C17H14FNO2/c1-12(20)19-14-9-6-13(7-10-14)8-11-17(21)15-4-2-3-5-16(15)18/h2-11H,1H3,(H,19,20). The van der Waals surface area contributed by atoms with Crippen LogP contribution in [-0.4, -0.2) is 11.7 Å². The van der Waals surface area contributed by atoms with Crippen molar-refractivity contribution in [1.82, 2.24) is 0 Å². The Hall–Kier alpha value is -2.75. The summed E-state index contributed by atoms with van der Waals surface area (Å²) in [6, 6.07) is 12.8. The molecule has 106 valence electrons. The first-order valence-electron chi connectivity index (χ1n) is 6.41. The van der Waals surface area contributed by atoms with Crippen LogP contribution in [0.3, 0.4) is 0 Å². The zero-order chi connectivity index (χ0) is 15.2. The van der Waals surface area contributed by atoms with Crippen molar-refractivity contribution in [2.24, 2.45) is 0 Å². The van der Waals surface area contributed by atoms with Crippen molar-refractivity contribution in [2.75, 3.05) is 5.32 Å². The predicted octanol–water partition coefficient (Wildman–Crippen LogP) is 3.68. The number of hydrogen-bond donors (Lipinski definition) is 1. The van der Waals surface area contributed by atoms with Gasteiger partial charge in [-0.1, -0.05) is 30.3 Å². The molecule has 1 amide bonds. The van der Waals surface area contributed by atoms with E-state index < -0.39 is 5.82 Å². The number of halogens is 1. The van der Waals surface area contributed by atoms with E-state index in [2.05, 4.69) is 5.32 Å². The summed E-state index contributed by atoms with van der Waals surface area (Å²) in [6.45, 7) is 1.43. The molecule has 3 nitrogen and oxygen atoms in total. The lowest BCUT2D eigenvalue weighted by molar-refractivity contribution is -0.114. The summed E-state index contributed by atoms with van der Waals surface area (Å²) in [5.74, 6) is -1.07. The molecule has 1 N–H and O–H groups in total. The van der Waals surface area contributed by atoms with E-state index in [4.69, 9.17) is 0 Å². The Kier molecular flexibility index (Phi) is 4.61. The molecule has 0 atom stereocenters. The zero-order valence-electron chi connectivity index (χ0n) is 11.5. The van der Waals surface area contributed by atoms with E-state index in [0.29, 0.717) is 5.69 Å². The van der Waals surface area contributed by atoms with E-state index in [0.717, 1.165) is 5.56 Å². The SMILES string of the molecule is CC(=O)Nc1ccc(C=CC(=O)c2ccccc2F)cc1. The highest BCUT2D eigenvalue weighted by Crippen LogP contribution is 2.12. The van der Waals surface area contributed by atoms with Crippen molar-refractivity contribution in [3.8, 4) is 0 Å². The molecule has 2 rings (SSSR count). The maximum atomic E-state index is 13.4. The van der Waals surface area contributed by atoms with E-state index in [9.17, 15) is 14.0 Å². The summed E-state index contributed by atoms with van der Waals surface area (Å²) in [7, 11) is 0. The normalized spacial score (nSPS) is 10.6. The Labute approximate surface area is 122 Å². The minimum atomic E-state index is -0.534. The minimum absolute atomic E-state index is 0.0450. The first-order valence-corrected chi connectivity index (χ1v) is 6.41. The van der Waals surface area contributed by atoms with Crippen molar-refractivity contribution >= 4 is 23.5 Å². The van der Waals surface area contributed by atoms with Crippen molar-refractivity contribution in [2.45, 2.75) is 6.92 Å². The van der Waals surface area contributed by atoms with E-state index in [-0.39, 0.29) is 17.3 Å². The van der Waals surface area contributed by atoms with Gasteiger partial charge in [0.15, 0.2) is 5.78 Å². The van der Waals surface area contributed by atoms with Gasteiger partial charge in [0.2, 0.25) is 5.91 Å². The lowest BCUT2D eigenvalue weighted by Gasteiger charge is -2.01. The fourth-order valence-electron chi connectivity index (χ4n) is 1.80.